The average molecular weight is 505 g/mol. The quantitative estimate of drug-likeness (QED) is 0.557. The second kappa shape index (κ2) is 10.3. The summed E-state index contributed by atoms with van der Waals surface area (Å²) < 4.78 is 27.0. The minimum absolute atomic E-state index is 0.147. The Bertz CT molecular complexity index is 1190. The molecule has 10 heteroatoms. The summed E-state index contributed by atoms with van der Waals surface area (Å²) in [6.45, 7) is 4.08. The topological polar surface area (TPSA) is 93.5 Å². The summed E-state index contributed by atoms with van der Waals surface area (Å²) in [7, 11) is 1.67. The first-order valence-corrected chi connectivity index (χ1v) is 12.7. The number of nitrogens with zero attached hydrogens (tertiary/aromatic N) is 3. The van der Waals surface area contributed by atoms with Crippen LogP contribution in [0.1, 0.15) is 31.0 Å². The molecule has 1 amide bonds. The molecule has 0 saturated carbocycles. The van der Waals surface area contributed by atoms with E-state index in [0.29, 0.717) is 16.0 Å². The molecular weight excluding hydrogens is 479 g/mol. The van der Waals surface area contributed by atoms with Crippen molar-refractivity contribution in [3.05, 3.63) is 64.7 Å². The van der Waals surface area contributed by atoms with E-state index in [9.17, 15) is 13.2 Å². The van der Waals surface area contributed by atoms with Gasteiger partial charge in [-0.3, -0.25) is 9.69 Å². The van der Waals surface area contributed by atoms with Crippen molar-refractivity contribution in [2.75, 3.05) is 20.1 Å². The van der Waals surface area contributed by atoms with Gasteiger partial charge in [-0.25, -0.2) is 8.42 Å². The fourth-order valence-corrected chi connectivity index (χ4v) is 5.46. The van der Waals surface area contributed by atoms with Crippen LogP contribution >= 0.6 is 20.5 Å². The molecule has 0 bridgehead atoms. The standard InChI is InChI=1S/C23H26ClN4O3PS/c1-15(18-7-9-20(24)10-8-18)26-22(29)16(2)27(3)23(32)19-5-4-6-21(11-19)33(30,31)28-13-17(12-25)14-28/h4-11,15-17,32H,13-14H2,1-3H3,(H,26,29)/t15?,16-/m1/s1. The summed E-state index contributed by atoms with van der Waals surface area (Å²) in [5.74, 6) is -0.441. The van der Waals surface area contributed by atoms with Crippen LogP contribution in [-0.4, -0.2) is 55.1 Å². The molecule has 1 saturated heterocycles. The number of carbonyl (C=O) groups is 1. The lowest BCUT2D eigenvalue weighted by Crippen LogP contribution is -2.49. The van der Waals surface area contributed by atoms with Crippen molar-refractivity contribution >= 4 is 41.8 Å². The fourth-order valence-electron chi connectivity index (χ4n) is 3.41. The van der Waals surface area contributed by atoms with Crippen LogP contribution in [0.25, 0.3) is 0 Å². The molecule has 7 nitrogen and oxygen atoms in total. The van der Waals surface area contributed by atoms with Gasteiger partial charge < -0.3 is 5.32 Å². The summed E-state index contributed by atoms with van der Waals surface area (Å²) in [6.07, 6.45) is 0. The van der Waals surface area contributed by atoms with Crippen molar-refractivity contribution in [1.29, 1.82) is 5.26 Å². The monoisotopic (exact) mass is 504 g/mol. The third-order valence-corrected chi connectivity index (χ3v) is 8.54. The van der Waals surface area contributed by atoms with Crippen LogP contribution < -0.4 is 5.32 Å². The maximum absolute atomic E-state index is 12.8. The highest BCUT2D eigenvalue weighted by Gasteiger charge is 2.37. The first kappa shape index (κ1) is 25.4. The zero-order valence-corrected chi connectivity index (χ0v) is 21.2. The van der Waals surface area contributed by atoms with Crippen LogP contribution in [0.15, 0.2) is 53.4 Å². The van der Waals surface area contributed by atoms with E-state index in [2.05, 4.69) is 20.2 Å². The fraction of sp³-hybridized carbons (Fsp3) is 0.348. The number of amides is 1. The van der Waals surface area contributed by atoms with Crippen molar-refractivity contribution in [3.8, 4) is 6.07 Å². The molecule has 1 N–H and O–H groups in total. The molecule has 1 unspecified atom stereocenters. The predicted molar refractivity (Wildman–Crippen MR) is 132 cm³/mol. The minimum Gasteiger partial charge on any atom is -0.348 e. The van der Waals surface area contributed by atoms with Crippen LogP contribution in [0.3, 0.4) is 0 Å². The Balaban J connectivity index is 1.69. The number of rotatable bonds is 8. The number of benzene rings is 2. The largest absolute Gasteiger partial charge is 0.348 e. The molecule has 2 aromatic carbocycles. The van der Waals surface area contributed by atoms with Gasteiger partial charge in [0.25, 0.3) is 0 Å². The van der Waals surface area contributed by atoms with Gasteiger partial charge in [0.15, 0.2) is 0 Å². The predicted octanol–water partition coefficient (Wildman–Crippen LogP) is 3.30. The van der Waals surface area contributed by atoms with Crippen LogP contribution in [0.4, 0.5) is 0 Å². The van der Waals surface area contributed by atoms with E-state index in [0.717, 1.165) is 5.56 Å². The number of hydrogen-bond donors (Lipinski definition) is 1. The van der Waals surface area contributed by atoms with Gasteiger partial charge in [-0.15, -0.1) is 8.86 Å². The summed E-state index contributed by atoms with van der Waals surface area (Å²) in [5, 5.41) is 12.5. The van der Waals surface area contributed by atoms with Gasteiger partial charge in [0.2, 0.25) is 15.9 Å². The maximum Gasteiger partial charge on any atom is 0.243 e. The molecule has 174 valence electrons. The highest BCUT2D eigenvalue weighted by molar-refractivity contribution is 7.89. The number of carbonyl (C=O) groups excluding carboxylic acids is 1. The van der Waals surface area contributed by atoms with E-state index in [1.807, 2.05) is 19.1 Å². The Morgan fingerprint density at radius 3 is 2.48 bits per heavy atom. The Kier molecular flexibility index (Phi) is 7.94. The highest BCUT2D eigenvalue weighted by atomic mass is 35.5. The number of sulfonamides is 1. The molecule has 0 spiro atoms. The summed E-state index contributed by atoms with van der Waals surface area (Å²) in [4.78, 5) is 14.7. The van der Waals surface area contributed by atoms with Crippen LogP contribution in [-0.2, 0) is 14.8 Å². The summed E-state index contributed by atoms with van der Waals surface area (Å²) in [5.41, 5.74) is 2.14. The van der Waals surface area contributed by atoms with Crippen molar-refractivity contribution < 1.29 is 13.2 Å². The van der Waals surface area contributed by atoms with Gasteiger partial charge in [0, 0.05) is 23.5 Å². The minimum atomic E-state index is -3.67. The van der Waals surface area contributed by atoms with Crippen LogP contribution in [0, 0.1) is 17.2 Å². The van der Waals surface area contributed by atoms with Gasteiger partial charge in [0.1, 0.15) is 0 Å². The Morgan fingerprint density at radius 2 is 1.88 bits per heavy atom. The molecule has 1 aliphatic heterocycles. The zero-order valence-electron chi connectivity index (χ0n) is 18.6. The molecule has 0 aromatic heterocycles. The van der Waals surface area contributed by atoms with Crippen molar-refractivity contribution in [2.24, 2.45) is 5.92 Å². The van der Waals surface area contributed by atoms with Crippen LogP contribution in [0.5, 0.6) is 0 Å². The molecule has 0 aliphatic carbocycles. The van der Waals surface area contributed by atoms with Crippen molar-refractivity contribution in [1.82, 2.24) is 14.5 Å². The molecule has 2 atom stereocenters. The molecule has 0 radical (unpaired) electrons. The second-order valence-electron chi connectivity index (χ2n) is 8.09. The maximum atomic E-state index is 12.8. The summed E-state index contributed by atoms with van der Waals surface area (Å²) in [6, 6.07) is 15.2. The SMILES string of the molecule is CC(NC(=O)[C@@H](C)N(C)C(=P)c1cccc(S(=O)(=O)N2CC(C#N)C2)c1)c1ccc(Cl)cc1. The lowest BCUT2D eigenvalue weighted by molar-refractivity contribution is -0.124. The normalized spacial score (nSPS) is 16.5. The van der Waals surface area contributed by atoms with E-state index in [4.69, 9.17) is 16.9 Å². The van der Waals surface area contributed by atoms with Gasteiger partial charge >= 0.3 is 0 Å². The van der Waals surface area contributed by atoms with E-state index < -0.39 is 16.1 Å². The lowest BCUT2D eigenvalue weighted by Gasteiger charge is -2.34. The molecule has 1 heterocycles. The number of halogens is 1. The van der Waals surface area contributed by atoms with Gasteiger partial charge in [-0.1, -0.05) is 35.9 Å². The number of nitrogens with one attached hydrogen (secondary N) is 1. The third kappa shape index (κ3) is 5.63. The molecule has 33 heavy (non-hydrogen) atoms. The smallest absolute Gasteiger partial charge is 0.243 e. The van der Waals surface area contributed by atoms with E-state index >= 15 is 0 Å². The van der Waals surface area contributed by atoms with E-state index in [-0.39, 0.29) is 35.9 Å². The Labute approximate surface area is 202 Å². The van der Waals surface area contributed by atoms with Gasteiger partial charge in [-0.05, 0) is 56.3 Å². The van der Waals surface area contributed by atoms with Crippen molar-refractivity contribution in [3.63, 3.8) is 0 Å². The molecule has 3 rings (SSSR count). The lowest BCUT2D eigenvalue weighted by atomic mass is 10.1. The number of nitriles is 1. The molecule has 1 aliphatic rings. The first-order chi connectivity index (χ1) is 15.5. The van der Waals surface area contributed by atoms with E-state index in [1.54, 1.807) is 49.2 Å². The number of likely N-dealkylation sites (N-methyl/N-ethyl adjacent to an activating group) is 1. The average Bonchev–Trinajstić information content (AvgIpc) is 2.77. The van der Waals surface area contributed by atoms with E-state index in [1.165, 1.54) is 10.4 Å². The third-order valence-electron chi connectivity index (χ3n) is 5.82. The number of hydrogen-bond acceptors (Lipinski definition) is 4. The molecule has 2 aromatic rings. The molecular formula is C23H26ClN4O3PS. The second-order valence-corrected chi connectivity index (χ2v) is 10.9. The zero-order chi connectivity index (χ0) is 24.3. The van der Waals surface area contributed by atoms with Gasteiger partial charge in [-0.2, -0.15) is 9.57 Å². The Hall–Kier alpha value is -2.27. The Morgan fingerprint density at radius 1 is 1.24 bits per heavy atom. The summed E-state index contributed by atoms with van der Waals surface area (Å²) >= 11 is 5.93. The highest BCUT2D eigenvalue weighted by Crippen LogP contribution is 2.26. The van der Waals surface area contributed by atoms with Crippen LogP contribution in [0.2, 0.25) is 5.02 Å². The first-order valence-electron chi connectivity index (χ1n) is 10.4. The van der Waals surface area contributed by atoms with Crippen molar-refractivity contribution in [2.45, 2.75) is 30.8 Å². The van der Waals surface area contributed by atoms with Gasteiger partial charge in [0.05, 0.1) is 29.0 Å². The molecule has 1 fully saturated rings.